The number of benzene rings is 3. The number of nitrogens with zero attached hydrogens (tertiary/aromatic N) is 1. The van der Waals surface area contributed by atoms with Crippen LogP contribution in [0.1, 0.15) is 16.7 Å². The molecule has 0 saturated carbocycles. The van der Waals surface area contributed by atoms with Gasteiger partial charge in [0.1, 0.15) is 5.82 Å². The van der Waals surface area contributed by atoms with Crippen LogP contribution < -0.4 is 0 Å². The Bertz CT molecular complexity index is 979. The fourth-order valence-electron chi connectivity index (χ4n) is 3.42. The van der Waals surface area contributed by atoms with Crippen LogP contribution in [0, 0.1) is 5.82 Å². The third kappa shape index (κ3) is 3.37. The van der Waals surface area contributed by atoms with Crippen molar-refractivity contribution in [1.82, 2.24) is 4.90 Å². The molecule has 1 heterocycles. The number of halogens is 1. The number of imide groups is 1. The Kier molecular flexibility index (Phi) is 4.85. The van der Waals surface area contributed by atoms with Gasteiger partial charge in [-0.1, -0.05) is 72.8 Å². The summed E-state index contributed by atoms with van der Waals surface area (Å²) in [6.07, 6.45) is 0.474. The molecule has 4 heteroatoms. The van der Waals surface area contributed by atoms with E-state index in [2.05, 4.69) is 0 Å². The predicted molar refractivity (Wildman–Crippen MR) is 107 cm³/mol. The largest absolute Gasteiger partial charge is 0.274 e. The minimum Gasteiger partial charge on any atom is -0.274 e. The summed E-state index contributed by atoms with van der Waals surface area (Å²) in [6.45, 7) is 0.246. The lowest BCUT2D eigenvalue weighted by atomic mass is 9.96. The first-order valence-electron chi connectivity index (χ1n) is 9.11. The molecular weight excluding hydrogens is 353 g/mol. The molecule has 4 rings (SSSR count). The third-order valence-corrected chi connectivity index (χ3v) is 4.83. The summed E-state index contributed by atoms with van der Waals surface area (Å²) < 4.78 is 13.1. The van der Waals surface area contributed by atoms with Crippen LogP contribution in [0.2, 0.25) is 0 Å². The molecule has 2 amide bonds. The van der Waals surface area contributed by atoms with Gasteiger partial charge in [-0.3, -0.25) is 14.5 Å². The number of carbonyl (C=O) groups is 2. The quantitative estimate of drug-likeness (QED) is 0.626. The van der Waals surface area contributed by atoms with Crippen LogP contribution in [-0.4, -0.2) is 23.3 Å². The van der Waals surface area contributed by atoms with E-state index in [4.69, 9.17) is 0 Å². The lowest BCUT2D eigenvalue weighted by molar-refractivity contribution is -0.135. The summed E-state index contributed by atoms with van der Waals surface area (Å²) in [6, 6.07) is 24.6. The van der Waals surface area contributed by atoms with E-state index in [9.17, 15) is 14.0 Å². The average Bonchev–Trinajstić information content (AvgIpc) is 2.99. The van der Waals surface area contributed by atoms with Gasteiger partial charge in [0.15, 0.2) is 0 Å². The maximum atomic E-state index is 13.2. The number of hydrogen-bond acceptors (Lipinski definition) is 2. The van der Waals surface area contributed by atoms with Crippen LogP contribution in [0.15, 0.2) is 84.9 Å². The monoisotopic (exact) mass is 371 g/mol. The second kappa shape index (κ2) is 7.61. The summed E-state index contributed by atoms with van der Waals surface area (Å²) in [5.41, 5.74) is 3.18. The van der Waals surface area contributed by atoms with Crippen molar-refractivity contribution in [3.63, 3.8) is 0 Å². The molecule has 138 valence electrons. The summed E-state index contributed by atoms with van der Waals surface area (Å²) in [4.78, 5) is 27.6. The fraction of sp³-hybridized carbons (Fsp3) is 0.0833. The van der Waals surface area contributed by atoms with Crippen LogP contribution in [0.3, 0.4) is 0 Å². The van der Waals surface area contributed by atoms with Gasteiger partial charge in [-0.25, -0.2) is 4.39 Å². The van der Waals surface area contributed by atoms with E-state index in [0.29, 0.717) is 17.6 Å². The Hall–Kier alpha value is -3.53. The molecule has 0 unspecified atom stereocenters. The SMILES string of the molecule is O=C1C(c2ccccc2)=C(c2ccccc2)C(=O)N1CCc1ccc(F)cc1. The van der Waals surface area contributed by atoms with Crippen LogP contribution >= 0.6 is 0 Å². The standard InChI is InChI=1S/C24H18FNO2/c25-20-13-11-17(12-14-20)15-16-26-23(27)21(18-7-3-1-4-8-18)22(24(26)28)19-9-5-2-6-10-19/h1-14H,15-16H2. The van der Waals surface area contributed by atoms with E-state index in [1.807, 2.05) is 60.7 Å². The maximum Gasteiger partial charge on any atom is 0.262 e. The topological polar surface area (TPSA) is 37.4 Å². The molecule has 0 fully saturated rings. The normalized spacial score (nSPS) is 14.1. The summed E-state index contributed by atoms with van der Waals surface area (Å²) in [5, 5.41) is 0. The molecule has 28 heavy (non-hydrogen) atoms. The summed E-state index contributed by atoms with van der Waals surface area (Å²) >= 11 is 0. The Morgan fingerprint density at radius 2 is 1.11 bits per heavy atom. The first-order valence-corrected chi connectivity index (χ1v) is 9.11. The zero-order chi connectivity index (χ0) is 19.5. The number of amides is 2. The smallest absolute Gasteiger partial charge is 0.262 e. The highest BCUT2D eigenvalue weighted by Crippen LogP contribution is 2.35. The van der Waals surface area contributed by atoms with Crippen molar-refractivity contribution in [2.45, 2.75) is 6.42 Å². The van der Waals surface area contributed by atoms with Gasteiger partial charge in [0, 0.05) is 6.54 Å². The molecule has 0 N–H and O–H groups in total. The Balaban J connectivity index is 1.68. The van der Waals surface area contributed by atoms with Crippen LogP contribution in [-0.2, 0) is 16.0 Å². The van der Waals surface area contributed by atoms with E-state index in [-0.39, 0.29) is 24.2 Å². The van der Waals surface area contributed by atoms with Gasteiger partial charge in [-0.2, -0.15) is 0 Å². The van der Waals surface area contributed by atoms with Crippen LogP contribution in [0.5, 0.6) is 0 Å². The van der Waals surface area contributed by atoms with Gasteiger partial charge < -0.3 is 0 Å². The Labute approximate surface area is 162 Å². The Morgan fingerprint density at radius 3 is 1.57 bits per heavy atom. The molecule has 1 aliphatic rings. The van der Waals surface area contributed by atoms with Gasteiger partial charge >= 0.3 is 0 Å². The van der Waals surface area contributed by atoms with E-state index in [1.54, 1.807) is 12.1 Å². The third-order valence-electron chi connectivity index (χ3n) is 4.83. The summed E-state index contributed by atoms with van der Waals surface area (Å²) in [5.74, 6) is -0.897. The first kappa shape index (κ1) is 17.9. The van der Waals surface area contributed by atoms with E-state index in [0.717, 1.165) is 16.7 Å². The molecule has 0 spiro atoms. The molecule has 0 saturated heterocycles. The molecule has 3 aromatic carbocycles. The van der Waals surface area contributed by atoms with Gasteiger partial charge in [0.05, 0.1) is 11.1 Å². The van der Waals surface area contributed by atoms with Gasteiger partial charge in [-0.15, -0.1) is 0 Å². The zero-order valence-corrected chi connectivity index (χ0v) is 15.1. The van der Waals surface area contributed by atoms with Crippen LogP contribution in [0.4, 0.5) is 4.39 Å². The van der Waals surface area contributed by atoms with Crippen molar-refractivity contribution < 1.29 is 14.0 Å². The van der Waals surface area contributed by atoms with E-state index in [1.165, 1.54) is 17.0 Å². The molecule has 1 aliphatic heterocycles. The van der Waals surface area contributed by atoms with Crippen molar-refractivity contribution in [2.75, 3.05) is 6.54 Å². The molecule has 0 aromatic heterocycles. The average molecular weight is 371 g/mol. The van der Waals surface area contributed by atoms with E-state index >= 15 is 0 Å². The predicted octanol–water partition coefficient (Wildman–Crippen LogP) is 4.35. The number of carbonyl (C=O) groups excluding carboxylic acids is 2. The maximum absolute atomic E-state index is 13.2. The summed E-state index contributed by atoms with van der Waals surface area (Å²) in [7, 11) is 0. The first-order chi connectivity index (χ1) is 13.6. The highest BCUT2D eigenvalue weighted by Gasteiger charge is 2.39. The molecular formula is C24H18FNO2. The highest BCUT2D eigenvalue weighted by atomic mass is 19.1. The van der Waals surface area contributed by atoms with Gasteiger partial charge in [0.25, 0.3) is 11.8 Å². The molecule has 0 radical (unpaired) electrons. The minimum atomic E-state index is -0.309. The van der Waals surface area contributed by atoms with Crippen molar-refractivity contribution in [1.29, 1.82) is 0 Å². The lowest BCUT2D eigenvalue weighted by Gasteiger charge is -2.15. The van der Waals surface area contributed by atoms with Crippen LogP contribution in [0.25, 0.3) is 11.1 Å². The Morgan fingerprint density at radius 1 is 0.643 bits per heavy atom. The lowest BCUT2D eigenvalue weighted by Crippen LogP contribution is -2.33. The second-order valence-electron chi connectivity index (χ2n) is 6.62. The minimum absolute atomic E-state index is 0.246. The highest BCUT2D eigenvalue weighted by molar-refractivity contribution is 6.48. The second-order valence-corrected chi connectivity index (χ2v) is 6.62. The van der Waals surface area contributed by atoms with Crippen molar-refractivity contribution in [3.8, 4) is 0 Å². The van der Waals surface area contributed by atoms with E-state index < -0.39 is 0 Å². The number of hydrogen-bond donors (Lipinski definition) is 0. The molecule has 3 aromatic rings. The zero-order valence-electron chi connectivity index (χ0n) is 15.1. The van der Waals surface area contributed by atoms with Gasteiger partial charge in [-0.05, 0) is 35.2 Å². The van der Waals surface area contributed by atoms with Crippen molar-refractivity contribution in [2.24, 2.45) is 0 Å². The number of rotatable bonds is 5. The molecule has 0 bridgehead atoms. The molecule has 0 aliphatic carbocycles. The van der Waals surface area contributed by atoms with Crippen molar-refractivity contribution in [3.05, 3.63) is 107 Å². The van der Waals surface area contributed by atoms with Crippen molar-refractivity contribution >= 4 is 23.0 Å². The molecule has 0 atom stereocenters. The molecule has 3 nitrogen and oxygen atoms in total. The van der Waals surface area contributed by atoms with Gasteiger partial charge in [0.2, 0.25) is 0 Å². The fourth-order valence-corrected chi connectivity index (χ4v) is 3.42.